The number of nitrogens with one attached hydrogen (secondary N) is 1. The number of hydrogen-bond donors (Lipinski definition) is 1. The van der Waals surface area contributed by atoms with E-state index in [2.05, 4.69) is 12.2 Å². The van der Waals surface area contributed by atoms with Crippen LogP contribution in [0.3, 0.4) is 0 Å². The predicted octanol–water partition coefficient (Wildman–Crippen LogP) is 2.03. The average Bonchev–Trinajstić information content (AvgIpc) is 2.81. The molecule has 0 aliphatic carbocycles. The van der Waals surface area contributed by atoms with Gasteiger partial charge in [0.2, 0.25) is 5.91 Å². The molecule has 2 rings (SSSR count). The molecule has 2 aliphatic rings. The summed E-state index contributed by atoms with van der Waals surface area (Å²) in [5.41, 5.74) is -2.20. The van der Waals surface area contributed by atoms with Gasteiger partial charge in [-0.2, -0.15) is 13.2 Å². The molecule has 1 N–H and O–H groups in total. The molecule has 0 spiro atoms. The maximum absolute atomic E-state index is 13.3. The topological polar surface area (TPSA) is 32.3 Å². The van der Waals surface area contributed by atoms with Crippen LogP contribution in [0.2, 0.25) is 0 Å². The molecule has 1 amide bonds. The SMILES string of the molecule is CC1CCN(C(=O)C2(C(F)(F)F)CCNC2)CC1C. The van der Waals surface area contributed by atoms with Crippen LogP contribution in [-0.4, -0.2) is 43.2 Å². The number of hydrogen-bond acceptors (Lipinski definition) is 2. The summed E-state index contributed by atoms with van der Waals surface area (Å²) in [7, 11) is 0. The highest BCUT2D eigenvalue weighted by Gasteiger charge is 2.62. The van der Waals surface area contributed by atoms with Crippen molar-refractivity contribution >= 4 is 5.91 Å². The van der Waals surface area contributed by atoms with Crippen molar-refractivity contribution < 1.29 is 18.0 Å². The van der Waals surface area contributed by atoms with Crippen molar-refractivity contribution in [2.24, 2.45) is 17.3 Å². The first-order valence-electron chi connectivity index (χ1n) is 6.85. The Bertz CT molecular complexity index is 350. The first-order valence-corrected chi connectivity index (χ1v) is 6.85. The molecular weight excluding hydrogens is 257 g/mol. The van der Waals surface area contributed by atoms with Gasteiger partial charge in [0.1, 0.15) is 0 Å². The quantitative estimate of drug-likeness (QED) is 0.796. The fraction of sp³-hybridized carbons (Fsp3) is 0.923. The Morgan fingerprint density at radius 2 is 2.00 bits per heavy atom. The fourth-order valence-electron chi connectivity index (χ4n) is 2.99. The van der Waals surface area contributed by atoms with Crippen LogP contribution in [-0.2, 0) is 4.79 Å². The van der Waals surface area contributed by atoms with Gasteiger partial charge in [-0.1, -0.05) is 13.8 Å². The molecule has 0 aromatic heterocycles. The van der Waals surface area contributed by atoms with E-state index in [-0.39, 0.29) is 25.4 Å². The standard InChI is InChI=1S/C13H21F3N2O/c1-9-3-6-18(7-10(9)2)11(19)12(13(14,15)16)4-5-17-8-12/h9-10,17H,3-8H2,1-2H3. The lowest BCUT2D eigenvalue weighted by molar-refractivity contribution is -0.222. The van der Waals surface area contributed by atoms with Gasteiger partial charge in [-0.05, 0) is 31.2 Å². The molecule has 6 heteroatoms. The molecular formula is C13H21F3N2O. The Labute approximate surface area is 111 Å². The second kappa shape index (κ2) is 4.96. The molecule has 0 aromatic rings. The number of halogens is 3. The van der Waals surface area contributed by atoms with Gasteiger partial charge in [-0.25, -0.2) is 0 Å². The van der Waals surface area contributed by atoms with E-state index >= 15 is 0 Å². The summed E-state index contributed by atoms with van der Waals surface area (Å²) in [6, 6.07) is 0. The summed E-state index contributed by atoms with van der Waals surface area (Å²) in [6.45, 7) is 4.95. The Hall–Kier alpha value is -0.780. The zero-order valence-corrected chi connectivity index (χ0v) is 11.4. The molecule has 2 aliphatic heterocycles. The van der Waals surface area contributed by atoms with E-state index in [1.165, 1.54) is 4.90 Å². The monoisotopic (exact) mass is 278 g/mol. The number of nitrogens with zero attached hydrogens (tertiary/aromatic N) is 1. The molecule has 110 valence electrons. The number of carbonyl (C=O) groups is 1. The van der Waals surface area contributed by atoms with Gasteiger partial charge in [-0.15, -0.1) is 0 Å². The lowest BCUT2D eigenvalue weighted by Crippen LogP contribution is -2.56. The summed E-state index contributed by atoms with van der Waals surface area (Å²) in [5.74, 6) is -0.00585. The molecule has 2 saturated heterocycles. The molecule has 3 unspecified atom stereocenters. The van der Waals surface area contributed by atoms with Crippen molar-refractivity contribution in [1.29, 1.82) is 0 Å². The van der Waals surface area contributed by atoms with Crippen LogP contribution in [0.4, 0.5) is 13.2 Å². The normalized spacial score (nSPS) is 36.6. The van der Waals surface area contributed by atoms with Gasteiger partial charge in [0, 0.05) is 19.6 Å². The largest absolute Gasteiger partial charge is 0.404 e. The lowest BCUT2D eigenvalue weighted by atomic mass is 9.82. The van der Waals surface area contributed by atoms with Crippen molar-refractivity contribution in [3.05, 3.63) is 0 Å². The van der Waals surface area contributed by atoms with Gasteiger partial charge in [0.25, 0.3) is 0 Å². The summed E-state index contributed by atoms with van der Waals surface area (Å²) in [6.07, 6.45) is -3.83. The number of likely N-dealkylation sites (tertiary alicyclic amines) is 1. The second-order valence-electron chi connectivity index (χ2n) is 6.00. The highest BCUT2D eigenvalue weighted by atomic mass is 19.4. The van der Waals surface area contributed by atoms with E-state index in [4.69, 9.17) is 0 Å². The first kappa shape index (κ1) is 14.6. The van der Waals surface area contributed by atoms with Gasteiger partial charge in [-0.3, -0.25) is 4.79 Å². The van der Waals surface area contributed by atoms with E-state index in [1.807, 2.05) is 6.92 Å². The third-order valence-electron chi connectivity index (χ3n) is 4.73. The van der Waals surface area contributed by atoms with E-state index in [0.717, 1.165) is 6.42 Å². The minimum Gasteiger partial charge on any atom is -0.342 e. The summed E-state index contributed by atoms with van der Waals surface area (Å²) in [5, 5.41) is 2.69. The number of amides is 1. The Morgan fingerprint density at radius 3 is 2.47 bits per heavy atom. The minimum atomic E-state index is -4.47. The summed E-state index contributed by atoms with van der Waals surface area (Å²) < 4.78 is 39.9. The number of alkyl halides is 3. The fourth-order valence-corrected chi connectivity index (χ4v) is 2.99. The van der Waals surface area contributed by atoms with Crippen molar-refractivity contribution in [3.63, 3.8) is 0 Å². The van der Waals surface area contributed by atoms with Crippen molar-refractivity contribution in [3.8, 4) is 0 Å². The summed E-state index contributed by atoms with van der Waals surface area (Å²) in [4.78, 5) is 13.8. The first-order chi connectivity index (χ1) is 8.78. The minimum absolute atomic E-state index is 0.143. The van der Waals surface area contributed by atoms with Gasteiger partial charge in [0.15, 0.2) is 5.41 Å². The zero-order chi connectivity index (χ0) is 14.3. The van der Waals surface area contributed by atoms with E-state index in [1.54, 1.807) is 0 Å². The molecule has 3 atom stereocenters. The lowest BCUT2D eigenvalue weighted by Gasteiger charge is -2.40. The predicted molar refractivity (Wildman–Crippen MR) is 65.5 cm³/mol. The van der Waals surface area contributed by atoms with Crippen LogP contribution in [0.25, 0.3) is 0 Å². The van der Waals surface area contributed by atoms with Crippen molar-refractivity contribution in [2.75, 3.05) is 26.2 Å². The maximum Gasteiger partial charge on any atom is 0.404 e. The molecule has 0 bridgehead atoms. The maximum atomic E-state index is 13.3. The van der Waals surface area contributed by atoms with Crippen LogP contribution < -0.4 is 5.32 Å². The number of piperidine rings is 1. The average molecular weight is 278 g/mol. The van der Waals surface area contributed by atoms with Crippen LogP contribution >= 0.6 is 0 Å². The third kappa shape index (κ3) is 2.47. The van der Waals surface area contributed by atoms with Crippen LogP contribution in [0.1, 0.15) is 26.7 Å². The molecule has 0 saturated carbocycles. The van der Waals surface area contributed by atoms with Gasteiger partial charge in [0.05, 0.1) is 0 Å². The molecule has 0 aromatic carbocycles. The van der Waals surface area contributed by atoms with E-state index in [9.17, 15) is 18.0 Å². The molecule has 2 fully saturated rings. The van der Waals surface area contributed by atoms with E-state index < -0.39 is 17.5 Å². The van der Waals surface area contributed by atoms with Gasteiger partial charge >= 0.3 is 6.18 Å². The van der Waals surface area contributed by atoms with Crippen molar-refractivity contribution in [2.45, 2.75) is 32.9 Å². The number of carbonyl (C=O) groups excluding carboxylic acids is 1. The molecule has 3 nitrogen and oxygen atoms in total. The smallest absolute Gasteiger partial charge is 0.342 e. The van der Waals surface area contributed by atoms with E-state index in [0.29, 0.717) is 19.0 Å². The number of rotatable bonds is 1. The molecule has 2 heterocycles. The summed E-state index contributed by atoms with van der Waals surface area (Å²) >= 11 is 0. The van der Waals surface area contributed by atoms with Crippen LogP contribution in [0.5, 0.6) is 0 Å². The van der Waals surface area contributed by atoms with Gasteiger partial charge < -0.3 is 10.2 Å². The van der Waals surface area contributed by atoms with Crippen LogP contribution in [0, 0.1) is 17.3 Å². The Kier molecular flexibility index (Phi) is 3.82. The Balaban J connectivity index is 2.17. The third-order valence-corrected chi connectivity index (χ3v) is 4.73. The highest BCUT2D eigenvalue weighted by molar-refractivity contribution is 5.84. The van der Waals surface area contributed by atoms with Crippen molar-refractivity contribution in [1.82, 2.24) is 10.2 Å². The zero-order valence-electron chi connectivity index (χ0n) is 11.4. The Morgan fingerprint density at radius 1 is 1.32 bits per heavy atom. The molecule has 0 radical (unpaired) electrons. The van der Waals surface area contributed by atoms with Crippen LogP contribution in [0.15, 0.2) is 0 Å². The molecule has 19 heavy (non-hydrogen) atoms. The second-order valence-corrected chi connectivity index (χ2v) is 6.00. The highest BCUT2D eigenvalue weighted by Crippen LogP contribution is 2.45.